The summed E-state index contributed by atoms with van der Waals surface area (Å²) in [5, 5.41) is 16.1. The van der Waals surface area contributed by atoms with E-state index in [-0.39, 0.29) is 25.2 Å². The summed E-state index contributed by atoms with van der Waals surface area (Å²) in [6.07, 6.45) is -0.623. The minimum atomic E-state index is -4.38. The van der Waals surface area contributed by atoms with E-state index in [4.69, 9.17) is 9.97 Å². The van der Waals surface area contributed by atoms with E-state index < -0.39 is 11.7 Å². The van der Waals surface area contributed by atoms with Gasteiger partial charge < -0.3 is 25.5 Å². The number of anilines is 4. The van der Waals surface area contributed by atoms with Gasteiger partial charge in [-0.25, -0.2) is 0 Å². The van der Waals surface area contributed by atoms with E-state index in [0.29, 0.717) is 30.4 Å². The number of aromatic nitrogens is 2. The molecule has 1 saturated heterocycles. The van der Waals surface area contributed by atoms with E-state index in [1.165, 1.54) is 6.07 Å². The third-order valence-electron chi connectivity index (χ3n) is 6.26. The number of piperidine rings is 1. The molecule has 0 spiro atoms. The normalized spacial score (nSPS) is 18.5. The van der Waals surface area contributed by atoms with Crippen LogP contribution in [-0.4, -0.2) is 47.0 Å². The Kier molecular flexibility index (Phi) is 6.83. The molecule has 2 aromatic rings. The molecule has 0 radical (unpaired) electrons. The number of halogens is 3. The van der Waals surface area contributed by atoms with Crippen LogP contribution in [0.4, 0.5) is 36.4 Å². The number of fused-ring (bicyclic) bond motifs is 1. The maximum absolute atomic E-state index is 13.1. The Balaban J connectivity index is 1.65. The Morgan fingerprint density at radius 2 is 2.06 bits per heavy atom. The number of rotatable bonds is 7. The number of alkyl halides is 3. The maximum atomic E-state index is 13.1. The third-order valence-corrected chi connectivity index (χ3v) is 6.26. The molecular weight excluding hydrogens is 433 g/mol. The van der Waals surface area contributed by atoms with Crippen molar-refractivity contribution < 1.29 is 18.3 Å². The van der Waals surface area contributed by atoms with Crippen LogP contribution in [0.15, 0.2) is 24.3 Å². The first kappa shape index (κ1) is 23.4. The average Bonchev–Trinajstić information content (AvgIpc) is 3.22. The zero-order valence-corrected chi connectivity index (χ0v) is 19.0. The van der Waals surface area contributed by atoms with Crippen molar-refractivity contribution in [1.29, 1.82) is 0 Å². The first-order valence-electron chi connectivity index (χ1n) is 11.5. The highest BCUT2D eigenvalue weighted by Crippen LogP contribution is 2.39. The fourth-order valence-corrected chi connectivity index (χ4v) is 4.49. The van der Waals surface area contributed by atoms with Gasteiger partial charge in [0.05, 0.1) is 12.2 Å². The van der Waals surface area contributed by atoms with Gasteiger partial charge in [0.1, 0.15) is 5.69 Å². The van der Waals surface area contributed by atoms with Gasteiger partial charge in [-0.3, -0.25) is 0 Å². The molecule has 3 N–H and O–H groups in total. The zero-order chi connectivity index (χ0) is 23.6. The first-order valence-corrected chi connectivity index (χ1v) is 11.5. The van der Waals surface area contributed by atoms with Gasteiger partial charge in [0.15, 0.2) is 11.6 Å². The van der Waals surface area contributed by atoms with Crippen molar-refractivity contribution in [1.82, 2.24) is 9.97 Å². The lowest BCUT2D eigenvalue weighted by atomic mass is 10.0. The topological polar surface area (TPSA) is 76.5 Å². The van der Waals surface area contributed by atoms with E-state index in [9.17, 15) is 18.3 Å². The second kappa shape index (κ2) is 9.62. The van der Waals surface area contributed by atoms with Crippen LogP contribution in [0.25, 0.3) is 0 Å². The van der Waals surface area contributed by atoms with Crippen molar-refractivity contribution in [3.63, 3.8) is 0 Å². The third kappa shape index (κ3) is 5.10. The van der Waals surface area contributed by atoms with Crippen LogP contribution < -0.4 is 20.4 Å². The number of hydrogen-bond donors (Lipinski definition) is 3. The Labute approximate surface area is 192 Å². The van der Waals surface area contributed by atoms with Gasteiger partial charge in [0, 0.05) is 31.8 Å². The monoisotopic (exact) mass is 464 g/mol. The molecule has 180 valence electrons. The van der Waals surface area contributed by atoms with Crippen LogP contribution in [0.5, 0.6) is 0 Å². The van der Waals surface area contributed by atoms with Gasteiger partial charge >= 0.3 is 6.18 Å². The smallest absolute Gasteiger partial charge is 0.396 e. The zero-order valence-electron chi connectivity index (χ0n) is 19.0. The lowest BCUT2D eigenvalue weighted by Crippen LogP contribution is -2.41. The summed E-state index contributed by atoms with van der Waals surface area (Å²) < 4.78 is 39.3. The first-order chi connectivity index (χ1) is 15.8. The van der Waals surface area contributed by atoms with Crippen LogP contribution >= 0.6 is 0 Å². The molecule has 3 heterocycles. The lowest BCUT2D eigenvalue weighted by Gasteiger charge is -2.36. The van der Waals surface area contributed by atoms with Crippen molar-refractivity contribution in [3.8, 4) is 0 Å². The van der Waals surface area contributed by atoms with Crippen molar-refractivity contribution in [2.24, 2.45) is 0 Å². The number of benzene rings is 1. The highest BCUT2D eigenvalue weighted by atomic mass is 19.4. The molecule has 2 aliphatic rings. The summed E-state index contributed by atoms with van der Waals surface area (Å²) in [7, 11) is 0. The van der Waals surface area contributed by atoms with E-state index >= 15 is 0 Å². The highest BCUT2D eigenvalue weighted by Gasteiger charge is 2.32. The SMILES string of the molecule is CC(C)N1CNc2c(NCc3cccc(C(F)(F)F)c3)nc(N3CCCCC3CCO)nc21. The molecule has 10 heteroatoms. The molecule has 0 aliphatic carbocycles. The second-order valence-electron chi connectivity index (χ2n) is 8.88. The quantitative estimate of drug-likeness (QED) is 0.559. The molecule has 1 aromatic carbocycles. The number of nitrogens with zero attached hydrogens (tertiary/aromatic N) is 4. The summed E-state index contributed by atoms with van der Waals surface area (Å²) in [6, 6.07) is 5.70. The Hall–Kier alpha value is -2.75. The van der Waals surface area contributed by atoms with Gasteiger partial charge in [0.25, 0.3) is 0 Å². The predicted octanol–water partition coefficient (Wildman–Crippen LogP) is 4.45. The lowest BCUT2D eigenvalue weighted by molar-refractivity contribution is -0.137. The van der Waals surface area contributed by atoms with Crippen LogP contribution in [0.2, 0.25) is 0 Å². The van der Waals surface area contributed by atoms with Crippen molar-refractivity contribution in [2.75, 3.05) is 40.3 Å². The van der Waals surface area contributed by atoms with E-state index in [0.717, 1.165) is 49.4 Å². The summed E-state index contributed by atoms with van der Waals surface area (Å²) in [6.45, 7) is 5.88. The standard InChI is InChI=1S/C23H31F3N6O/c1-15(2)32-14-28-19-20(27-13-16-6-5-7-17(12-16)23(24,25)26)29-22(30-21(19)32)31-10-4-3-8-18(31)9-11-33/h5-7,12,15,18,28,33H,3-4,8-11,13-14H2,1-2H3,(H,27,29,30). The highest BCUT2D eigenvalue weighted by molar-refractivity contribution is 5.83. The Morgan fingerprint density at radius 3 is 2.79 bits per heavy atom. The largest absolute Gasteiger partial charge is 0.416 e. The fraction of sp³-hybridized carbons (Fsp3) is 0.565. The minimum Gasteiger partial charge on any atom is -0.396 e. The molecule has 2 aliphatic heterocycles. The fourth-order valence-electron chi connectivity index (χ4n) is 4.49. The van der Waals surface area contributed by atoms with Crippen molar-refractivity contribution in [2.45, 2.75) is 64.3 Å². The average molecular weight is 465 g/mol. The number of hydrogen-bond acceptors (Lipinski definition) is 7. The summed E-state index contributed by atoms with van der Waals surface area (Å²) in [4.78, 5) is 14.0. The summed E-state index contributed by atoms with van der Waals surface area (Å²) in [5.41, 5.74) is 0.614. The van der Waals surface area contributed by atoms with Gasteiger partial charge in [-0.2, -0.15) is 23.1 Å². The van der Waals surface area contributed by atoms with E-state index in [1.54, 1.807) is 6.07 Å². The van der Waals surface area contributed by atoms with Gasteiger partial charge in [-0.05, 0) is 57.2 Å². The number of aliphatic hydroxyl groups is 1. The summed E-state index contributed by atoms with van der Waals surface area (Å²) >= 11 is 0. The van der Waals surface area contributed by atoms with E-state index in [2.05, 4.69) is 34.3 Å². The molecule has 1 fully saturated rings. The van der Waals surface area contributed by atoms with Gasteiger partial charge in [-0.15, -0.1) is 0 Å². The second-order valence-corrected chi connectivity index (χ2v) is 8.88. The Morgan fingerprint density at radius 1 is 1.24 bits per heavy atom. The molecule has 1 atom stereocenters. The molecular formula is C23H31F3N6O. The molecule has 1 unspecified atom stereocenters. The molecule has 33 heavy (non-hydrogen) atoms. The van der Waals surface area contributed by atoms with E-state index in [1.807, 2.05) is 0 Å². The number of aliphatic hydroxyl groups excluding tert-OH is 1. The molecule has 0 saturated carbocycles. The molecule has 1 aromatic heterocycles. The van der Waals surface area contributed by atoms with Crippen LogP contribution in [-0.2, 0) is 12.7 Å². The van der Waals surface area contributed by atoms with Crippen LogP contribution in [0.1, 0.15) is 50.7 Å². The van der Waals surface area contributed by atoms with Crippen LogP contribution in [0, 0.1) is 0 Å². The number of nitrogens with one attached hydrogen (secondary N) is 2. The molecule has 7 nitrogen and oxygen atoms in total. The molecule has 0 amide bonds. The van der Waals surface area contributed by atoms with Crippen LogP contribution in [0.3, 0.4) is 0 Å². The minimum absolute atomic E-state index is 0.104. The molecule has 4 rings (SSSR count). The van der Waals surface area contributed by atoms with Crippen molar-refractivity contribution >= 4 is 23.3 Å². The van der Waals surface area contributed by atoms with Gasteiger partial charge in [0.2, 0.25) is 5.95 Å². The van der Waals surface area contributed by atoms with Crippen molar-refractivity contribution in [3.05, 3.63) is 35.4 Å². The summed E-state index contributed by atoms with van der Waals surface area (Å²) in [5.74, 6) is 1.95. The van der Waals surface area contributed by atoms with Gasteiger partial charge in [-0.1, -0.05) is 12.1 Å². The predicted molar refractivity (Wildman–Crippen MR) is 124 cm³/mol. The molecule has 0 bridgehead atoms. The maximum Gasteiger partial charge on any atom is 0.416 e. The Bertz CT molecular complexity index is 966.